The second-order valence-electron chi connectivity index (χ2n) is 5.42. The minimum Gasteiger partial charge on any atom is -0.461 e. The van der Waals surface area contributed by atoms with Crippen molar-refractivity contribution in [2.75, 3.05) is 23.9 Å². The van der Waals surface area contributed by atoms with Crippen LogP contribution in [0.3, 0.4) is 0 Å². The van der Waals surface area contributed by atoms with E-state index in [1.807, 2.05) is 25.8 Å². The molecule has 0 amide bonds. The Morgan fingerprint density at radius 1 is 1.40 bits per heavy atom. The molecular formula is C12H22N6O2. The van der Waals surface area contributed by atoms with Gasteiger partial charge in [-0.1, -0.05) is 0 Å². The van der Waals surface area contributed by atoms with Crippen molar-refractivity contribution in [3.05, 3.63) is 0 Å². The van der Waals surface area contributed by atoms with Gasteiger partial charge in [-0.05, 0) is 32.6 Å². The van der Waals surface area contributed by atoms with Gasteiger partial charge in [-0.2, -0.15) is 15.0 Å². The lowest BCUT2D eigenvalue weighted by molar-refractivity contribution is 0.0463. The molecule has 1 fully saturated rings. The molecule has 0 spiro atoms. The summed E-state index contributed by atoms with van der Waals surface area (Å²) in [5.74, 6) is 6.61. The number of nitrogens with zero attached hydrogens (tertiary/aromatic N) is 4. The number of nitrogens with two attached hydrogens (primary N) is 1. The van der Waals surface area contributed by atoms with Crippen LogP contribution in [0.4, 0.5) is 11.9 Å². The van der Waals surface area contributed by atoms with Gasteiger partial charge in [0.2, 0.25) is 11.9 Å². The molecule has 8 heteroatoms. The third kappa shape index (κ3) is 3.67. The molecule has 1 heterocycles. The smallest absolute Gasteiger partial charge is 0.323 e. The quantitative estimate of drug-likeness (QED) is 0.500. The molecule has 0 aliphatic heterocycles. The largest absolute Gasteiger partial charge is 0.461 e. The maximum absolute atomic E-state index is 9.32. The Morgan fingerprint density at radius 2 is 2.10 bits per heavy atom. The Morgan fingerprint density at radius 3 is 2.65 bits per heavy atom. The highest BCUT2D eigenvalue weighted by molar-refractivity contribution is 5.37. The molecule has 2 rings (SSSR count). The Kier molecular flexibility index (Phi) is 4.56. The predicted molar refractivity (Wildman–Crippen MR) is 75.4 cm³/mol. The standard InChI is InChI=1S/C12H22N6O2/c1-7(2)20-12-15-10(17-13)14-11(16-12)18(3)6-8-4-9(19)5-8/h7-9,19H,4-6,13H2,1-3H3,(H,14,15,16,17). The molecule has 0 saturated heterocycles. The van der Waals surface area contributed by atoms with E-state index in [-0.39, 0.29) is 24.2 Å². The number of aromatic nitrogens is 3. The number of hydrazine groups is 1. The molecular weight excluding hydrogens is 260 g/mol. The molecule has 1 aliphatic rings. The number of ether oxygens (including phenoxy) is 1. The molecule has 112 valence electrons. The van der Waals surface area contributed by atoms with Crippen LogP contribution in [0.25, 0.3) is 0 Å². The van der Waals surface area contributed by atoms with Crippen LogP contribution in [0.5, 0.6) is 6.01 Å². The number of anilines is 2. The molecule has 1 aromatic heterocycles. The summed E-state index contributed by atoms with van der Waals surface area (Å²) in [7, 11) is 1.90. The summed E-state index contributed by atoms with van der Waals surface area (Å²) >= 11 is 0. The van der Waals surface area contributed by atoms with Crippen LogP contribution >= 0.6 is 0 Å². The molecule has 1 saturated carbocycles. The van der Waals surface area contributed by atoms with Gasteiger partial charge in [-0.25, -0.2) is 5.84 Å². The fraction of sp³-hybridized carbons (Fsp3) is 0.750. The Labute approximate surface area is 118 Å². The Bertz CT molecular complexity index is 450. The molecule has 8 nitrogen and oxygen atoms in total. The predicted octanol–water partition coefficient (Wildman–Crippen LogP) is 0.152. The van der Waals surface area contributed by atoms with E-state index >= 15 is 0 Å². The molecule has 0 radical (unpaired) electrons. The van der Waals surface area contributed by atoms with Gasteiger partial charge in [0, 0.05) is 13.6 Å². The second kappa shape index (κ2) is 6.19. The minimum atomic E-state index is -0.159. The van der Waals surface area contributed by atoms with Crippen LogP contribution in [0, 0.1) is 5.92 Å². The van der Waals surface area contributed by atoms with E-state index in [0.717, 1.165) is 19.4 Å². The zero-order chi connectivity index (χ0) is 14.7. The van der Waals surface area contributed by atoms with Crippen molar-refractivity contribution in [3.8, 4) is 6.01 Å². The molecule has 4 N–H and O–H groups in total. The van der Waals surface area contributed by atoms with Crippen molar-refractivity contribution in [3.63, 3.8) is 0 Å². The third-order valence-electron chi connectivity index (χ3n) is 3.16. The van der Waals surface area contributed by atoms with Crippen molar-refractivity contribution in [1.82, 2.24) is 15.0 Å². The second-order valence-corrected chi connectivity index (χ2v) is 5.42. The lowest BCUT2D eigenvalue weighted by atomic mass is 9.82. The fourth-order valence-electron chi connectivity index (χ4n) is 2.16. The van der Waals surface area contributed by atoms with Crippen LogP contribution in [-0.4, -0.2) is 45.9 Å². The number of aliphatic hydroxyl groups excluding tert-OH is 1. The van der Waals surface area contributed by atoms with Crippen molar-refractivity contribution >= 4 is 11.9 Å². The lowest BCUT2D eigenvalue weighted by Crippen LogP contribution is -2.37. The minimum absolute atomic E-state index is 0.0250. The molecule has 1 aromatic rings. The number of aliphatic hydroxyl groups is 1. The molecule has 0 bridgehead atoms. The van der Waals surface area contributed by atoms with Crippen molar-refractivity contribution in [2.45, 2.75) is 38.9 Å². The molecule has 1 aliphatic carbocycles. The highest BCUT2D eigenvalue weighted by atomic mass is 16.5. The summed E-state index contributed by atoms with van der Waals surface area (Å²) in [6, 6.07) is 0.249. The van der Waals surface area contributed by atoms with Crippen molar-refractivity contribution in [2.24, 2.45) is 11.8 Å². The SMILES string of the molecule is CC(C)Oc1nc(NN)nc(N(C)CC2CC(O)C2)n1. The van der Waals surface area contributed by atoms with E-state index in [1.165, 1.54) is 0 Å². The van der Waals surface area contributed by atoms with Crippen LogP contribution < -0.4 is 20.9 Å². The van der Waals surface area contributed by atoms with E-state index in [1.54, 1.807) is 0 Å². The fourth-order valence-corrected chi connectivity index (χ4v) is 2.16. The zero-order valence-electron chi connectivity index (χ0n) is 12.1. The topological polar surface area (TPSA) is 109 Å². The van der Waals surface area contributed by atoms with Crippen LogP contribution in [0.2, 0.25) is 0 Å². The lowest BCUT2D eigenvalue weighted by Gasteiger charge is -2.34. The summed E-state index contributed by atoms with van der Waals surface area (Å²) in [6.45, 7) is 4.59. The van der Waals surface area contributed by atoms with Gasteiger partial charge >= 0.3 is 6.01 Å². The summed E-state index contributed by atoms with van der Waals surface area (Å²) in [5.41, 5.74) is 2.42. The first-order chi connectivity index (χ1) is 9.47. The van der Waals surface area contributed by atoms with Crippen molar-refractivity contribution < 1.29 is 9.84 Å². The van der Waals surface area contributed by atoms with Gasteiger partial charge in [0.05, 0.1) is 12.2 Å². The van der Waals surface area contributed by atoms with Crippen molar-refractivity contribution in [1.29, 1.82) is 0 Å². The first kappa shape index (κ1) is 14.7. The van der Waals surface area contributed by atoms with E-state index in [9.17, 15) is 5.11 Å². The number of nitrogens with one attached hydrogen (secondary N) is 1. The average molecular weight is 282 g/mol. The molecule has 0 unspecified atom stereocenters. The summed E-state index contributed by atoms with van der Waals surface area (Å²) in [4.78, 5) is 14.5. The summed E-state index contributed by atoms with van der Waals surface area (Å²) < 4.78 is 5.49. The van der Waals surface area contributed by atoms with Gasteiger partial charge in [0.15, 0.2) is 0 Å². The van der Waals surface area contributed by atoms with Gasteiger partial charge in [0.1, 0.15) is 0 Å². The Hall–Kier alpha value is -1.67. The number of hydrogen-bond acceptors (Lipinski definition) is 8. The van der Waals surface area contributed by atoms with Gasteiger partial charge in [-0.3, -0.25) is 5.43 Å². The van der Waals surface area contributed by atoms with Gasteiger partial charge < -0.3 is 14.7 Å². The normalized spacial score (nSPS) is 21.5. The highest BCUT2D eigenvalue weighted by Crippen LogP contribution is 2.28. The first-order valence-electron chi connectivity index (χ1n) is 6.76. The maximum Gasteiger partial charge on any atom is 0.323 e. The molecule has 0 atom stereocenters. The summed E-state index contributed by atoms with van der Waals surface area (Å²) in [5, 5.41) is 9.32. The van der Waals surface area contributed by atoms with E-state index < -0.39 is 0 Å². The third-order valence-corrected chi connectivity index (χ3v) is 3.16. The molecule has 20 heavy (non-hydrogen) atoms. The average Bonchev–Trinajstić information content (AvgIpc) is 2.35. The van der Waals surface area contributed by atoms with Gasteiger partial charge in [-0.15, -0.1) is 0 Å². The van der Waals surface area contributed by atoms with Crippen LogP contribution in [-0.2, 0) is 0 Å². The van der Waals surface area contributed by atoms with Crippen LogP contribution in [0.1, 0.15) is 26.7 Å². The zero-order valence-corrected chi connectivity index (χ0v) is 12.1. The maximum atomic E-state index is 9.32. The van der Waals surface area contributed by atoms with Gasteiger partial charge in [0.25, 0.3) is 0 Å². The van der Waals surface area contributed by atoms with Crippen LogP contribution in [0.15, 0.2) is 0 Å². The molecule has 0 aromatic carbocycles. The first-order valence-corrected chi connectivity index (χ1v) is 6.76. The highest BCUT2D eigenvalue weighted by Gasteiger charge is 2.28. The van der Waals surface area contributed by atoms with E-state index in [0.29, 0.717) is 11.9 Å². The monoisotopic (exact) mass is 282 g/mol. The number of hydrogen-bond donors (Lipinski definition) is 3. The Balaban J connectivity index is 2.08. The van der Waals surface area contributed by atoms with E-state index in [2.05, 4.69) is 20.4 Å². The number of nitrogen functional groups attached to an aromatic ring is 1. The van der Waals surface area contributed by atoms with E-state index in [4.69, 9.17) is 10.6 Å². The summed E-state index contributed by atoms with van der Waals surface area (Å²) in [6.07, 6.45) is 1.47. The number of rotatable bonds is 6.